The highest BCUT2D eigenvalue weighted by Crippen LogP contribution is 2.10. The van der Waals surface area contributed by atoms with E-state index in [0.29, 0.717) is 13.1 Å². The number of methoxy groups -OCH3 is 1. The molecule has 1 unspecified atom stereocenters. The van der Waals surface area contributed by atoms with Gasteiger partial charge in [-0.3, -0.25) is 4.79 Å². The monoisotopic (exact) mass is 267 g/mol. The topological polar surface area (TPSA) is 56.1 Å². The predicted octanol–water partition coefficient (Wildman–Crippen LogP) is 0.619. The number of nitrogens with zero attached hydrogens (tertiary/aromatic N) is 2. The van der Waals surface area contributed by atoms with Gasteiger partial charge in [-0.05, 0) is 0 Å². The lowest BCUT2D eigenvalue weighted by molar-refractivity contribution is -0.145. The SMILES string of the molecule is COC(=O)C1CNCc2cncn2C1.Cl.Cl. The second kappa shape index (κ2) is 6.73. The summed E-state index contributed by atoms with van der Waals surface area (Å²) in [7, 11) is 1.42. The van der Waals surface area contributed by atoms with E-state index in [9.17, 15) is 4.79 Å². The third kappa shape index (κ3) is 3.10. The molecule has 0 saturated carbocycles. The highest BCUT2D eigenvalue weighted by Gasteiger charge is 2.22. The van der Waals surface area contributed by atoms with Gasteiger partial charge in [-0.15, -0.1) is 24.8 Å². The van der Waals surface area contributed by atoms with Crippen molar-refractivity contribution in [1.29, 1.82) is 0 Å². The Balaban J connectivity index is 0.00000112. The van der Waals surface area contributed by atoms with E-state index in [1.807, 2.05) is 10.8 Å². The number of aromatic nitrogens is 2. The van der Waals surface area contributed by atoms with Gasteiger partial charge in [0.2, 0.25) is 0 Å². The summed E-state index contributed by atoms with van der Waals surface area (Å²) in [5.41, 5.74) is 1.11. The molecule has 1 N–H and O–H groups in total. The number of nitrogens with one attached hydrogen (secondary N) is 1. The molecule has 1 atom stereocenters. The van der Waals surface area contributed by atoms with Crippen molar-refractivity contribution in [2.45, 2.75) is 13.1 Å². The van der Waals surface area contributed by atoms with E-state index in [4.69, 9.17) is 4.74 Å². The van der Waals surface area contributed by atoms with Crippen molar-refractivity contribution < 1.29 is 9.53 Å². The summed E-state index contributed by atoms with van der Waals surface area (Å²) < 4.78 is 6.71. The Labute approximate surface area is 106 Å². The fourth-order valence-electron chi connectivity index (χ4n) is 1.66. The van der Waals surface area contributed by atoms with Crippen molar-refractivity contribution in [1.82, 2.24) is 14.9 Å². The number of hydrogen-bond acceptors (Lipinski definition) is 4. The van der Waals surface area contributed by atoms with Gasteiger partial charge >= 0.3 is 5.97 Å². The van der Waals surface area contributed by atoms with Crippen LogP contribution in [-0.4, -0.2) is 29.2 Å². The minimum atomic E-state index is -0.168. The number of rotatable bonds is 1. The second-order valence-electron chi connectivity index (χ2n) is 3.39. The highest BCUT2D eigenvalue weighted by molar-refractivity contribution is 5.85. The molecule has 0 bridgehead atoms. The van der Waals surface area contributed by atoms with Gasteiger partial charge in [0.1, 0.15) is 0 Å². The zero-order valence-electron chi connectivity index (χ0n) is 8.88. The van der Waals surface area contributed by atoms with Crippen LogP contribution in [0.4, 0.5) is 0 Å². The molecule has 0 spiro atoms. The van der Waals surface area contributed by atoms with Crippen molar-refractivity contribution in [3.8, 4) is 0 Å². The third-order valence-corrected chi connectivity index (χ3v) is 2.45. The number of imidazole rings is 1. The molecule has 1 aliphatic rings. The first-order chi connectivity index (χ1) is 6.81. The van der Waals surface area contributed by atoms with Gasteiger partial charge in [-0.25, -0.2) is 4.98 Å². The Kier molecular flexibility index (Phi) is 6.40. The number of carbonyl (C=O) groups excluding carboxylic acids is 1. The largest absolute Gasteiger partial charge is 0.469 e. The predicted molar refractivity (Wildman–Crippen MR) is 63.9 cm³/mol. The van der Waals surface area contributed by atoms with Crippen LogP contribution in [0.2, 0.25) is 0 Å². The standard InChI is InChI=1S/C9H13N3O2.2ClH/c1-14-9(13)7-2-10-3-8-4-11-6-12(8)5-7;;/h4,6-7,10H,2-3,5H2,1H3;2*1H. The van der Waals surface area contributed by atoms with Crippen molar-refractivity contribution >= 4 is 30.8 Å². The summed E-state index contributed by atoms with van der Waals surface area (Å²) in [6.45, 7) is 2.07. The average Bonchev–Trinajstić information content (AvgIpc) is 2.54. The number of hydrogen-bond donors (Lipinski definition) is 1. The Morgan fingerprint density at radius 3 is 3.06 bits per heavy atom. The van der Waals surface area contributed by atoms with Crippen LogP contribution in [0.25, 0.3) is 0 Å². The van der Waals surface area contributed by atoms with Gasteiger partial charge in [-0.2, -0.15) is 0 Å². The molecule has 0 amide bonds. The summed E-state index contributed by atoms with van der Waals surface area (Å²) in [6.07, 6.45) is 3.56. The average molecular weight is 268 g/mol. The summed E-state index contributed by atoms with van der Waals surface area (Å²) in [5.74, 6) is -0.283. The molecule has 1 aromatic heterocycles. The van der Waals surface area contributed by atoms with Crippen LogP contribution < -0.4 is 5.32 Å². The zero-order chi connectivity index (χ0) is 9.97. The first-order valence-electron chi connectivity index (χ1n) is 4.59. The van der Waals surface area contributed by atoms with E-state index < -0.39 is 0 Å². The number of fused-ring (bicyclic) bond motifs is 1. The normalized spacial score (nSPS) is 18.4. The van der Waals surface area contributed by atoms with E-state index >= 15 is 0 Å². The van der Waals surface area contributed by atoms with E-state index in [1.54, 1.807) is 6.33 Å². The second-order valence-corrected chi connectivity index (χ2v) is 3.39. The lowest BCUT2D eigenvalue weighted by Gasteiger charge is -2.11. The van der Waals surface area contributed by atoms with E-state index in [2.05, 4.69) is 10.3 Å². The van der Waals surface area contributed by atoms with Gasteiger partial charge in [0.25, 0.3) is 0 Å². The molecule has 92 valence electrons. The number of ether oxygens (including phenoxy) is 1. The van der Waals surface area contributed by atoms with E-state index in [1.165, 1.54) is 7.11 Å². The summed E-state index contributed by atoms with van der Waals surface area (Å²) in [4.78, 5) is 15.4. The number of halogens is 2. The zero-order valence-corrected chi connectivity index (χ0v) is 10.5. The molecule has 16 heavy (non-hydrogen) atoms. The smallest absolute Gasteiger partial charge is 0.311 e. The molecular formula is C9H15Cl2N3O2. The van der Waals surface area contributed by atoms with Crippen LogP contribution in [0.15, 0.2) is 12.5 Å². The first-order valence-corrected chi connectivity index (χ1v) is 4.59. The van der Waals surface area contributed by atoms with Crippen LogP contribution in [0.3, 0.4) is 0 Å². The van der Waals surface area contributed by atoms with E-state index in [-0.39, 0.29) is 36.7 Å². The van der Waals surface area contributed by atoms with Gasteiger partial charge in [0.05, 0.1) is 25.0 Å². The fourth-order valence-corrected chi connectivity index (χ4v) is 1.66. The Hall–Kier alpha value is -0.780. The van der Waals surface area contributed by atoms with E-state index in [0.717, 1.165) is 12.2 Å². The van der Waals surface area contributed by atoms with Gasteiger partial charge in [0, 0.05) is 25.8 Å². The van der Waals surface area contributed by atoms with Crippen molar-refractivity contribution in [3.63, 3.8) is 0 Å². The molecule has 1 aliphatic heterocycles. The Morgan fingerprint density at radius 1 is 1.62 bits per heavy atom. The molecule has 2 heterocycles. The summed E-state index contributed by atoms with van der Waals surface area (Å²) in [5, 5.41) is 3.19. The summed E-state index contributed by atoms with van der Waals surface area (Å²) >= 11 is 0. The van der Waals surface area contributed by atoms with Crippen molar-refractivity contribution in [2.24, 2.45) is 5.92 Å². The van der Waals surface area contributed by atoms with Crippen molar-refractivity contribution in [3.05, 3.63) is 18.2 Å². The maximum atomic E-state index is 11.4. The molecule has 2 rings (SSSR count). The lowest BCUT2D eigenvalue weighted by atomic mass is 10.1. The van der Waals surface area contributed by atoms with Gasteiger partial charge < -0.3 is 14.6 Å². The van der Waals surface area contributed by atoms with Crippen molar-refractivity contribution in [2.75, 3.05) is 13.7 Å². The molecule has 0 aromatic carbocycles. The van der Waals surface area contributed by atoms with Crippen LogP contribution >= 0.6 is 24.8 Å². The fraction of sp³-hybridized carbons (Fsp3) is 0.556. The Morgan fingerprint density at radius 2 is 2.38 bits per heavy atom. The van der Waals surface area contributed by atoms with Crippen LogP contribution in [0.5, 0.6) is 0 Å². The number of esters is 1. The lowest BCUT2D eigenvalue weighted by Crippen LogP contribution is -2.29. The van der Waals surface area contributed by atoms with Gasteiger partial charge in [0.15, 0.2) is 0 Å². The minimum Gasteiger partial charge on any atom is -0.469 e. The number of carbonyl (C=O) groups is 1. The quantitative estimate of drug-likeness (QED) is 0.759. The molecule has 5 nitrogen and oxygen atoms in total. The Bertz CT molecular complexity index is 343. The molecule has 1 aromatic rings. The molecule has 0 aliphatic carbocycles. The third-order valence-electron chi connectivity index (χ3n) is 2.45. The van der Waals surface area contributed by atoms with Crippen LogP contribution in [0.1, 0.15) is 5.69 Å². The highest BCUT2D eigenvalue weighted by atomic mass is 35.5. The van der Waals surface area contributed by atoms with Crippen LogP contribution in [-0.2, 0) is 22.6 Å². The first kappa shape index (κ1) is 15.2. The minimum absolute atomic E-state index is 0. The molecule has 7 heteroatoms. The maximum absolute atomic E-state index is 11.4. The molecule has 0 fully saturated rings. The molecular weight excluding hydrogens is 253 g/mol. The van der Waals surface area contributed by atoms with Gasteiger partial charge in [-0.1, -0.05) is 0 Å². The summed E-state index contributed by atoms with van der Waals surface area (Å²) in [6, 6.07) is 0. The molecule has 0 saturated heterocycles. The molecule has 0 radical (unpaired) electrons. The maximum Gasteiger partial charge on any atom is 0.311 e. The van der Waals surface area contributed by atoms with Crippen LogP contribution in [0, 0.1) is 5.92 Å².